The normalized spacial score (nSPS) is 11.2. The quantitative estimate of drug-likeness (QED) is 0.793. The lowest BCUT2D eigenvalue weighted by atomic mass is 10.1. The van der Waals surface area contributed by atoms with Gasteiger partial charge in [-0.1, -0.05) is 22.8 Å². The fourth-order valence-electron chi connectivity index (χ4n) is 1.90. The van der Waals surface area contributed by atoms with Crippen molar-refractivity contribution in [3.05, 3.63) is 40.0 Å². The average Bonchev–Trinajstić information content (AvgIpc) is 2.85. The number of nitrogen functional groups attached to an aromatic ring is 1. The highest BCUT2D eigenvalue weighted by Crippen LogP contribution is 2.38. The molecule has 0 aliphatic rings. The second-order valence-electron chi connectivity index (χ2n) is 4.79. The molecule has 1 amide bonds. The summed E-state index contributed by atoms with van der Waals surface area (Å²) in [5.74, 6) is -2.31. The van der Waals surface area contributed by atoms with Crippen LogP contribution in [0.4, 0.5) is 24.7 Å². The molecule has 2 rings (SSSR count). The van der Waals surface area contributed by atoms with E-state index in [0.29, 0.717) is 0 Å². The Bertz CT molecular complexity index is 801. The number of hydrogen-bond acceptors (Lipinski definition) is 6. The molecule has 1 heterocycles. The SMILES string of the molecule is Cc1noc(N)c1C(=O)OCC(=O)Nc1c(Cl)cccc1C(F)(F)F. The van der Waals surface area contributed by atoms with E-state index in [-0.39, 0.29) is 22.2 Å². The Morgan fingerprint density at radius 1 is 1.40 bits per heavy atom. The molecule has 0 saturated carbocycles. The molecule has 1 aromatic heterocycles. The molecule has 0 fully saturated rings. The van der Waals surface area contributed by atoms with Gasteiger partial charge in [0.15, 0.2) is 6.61 Å². The van der Waals surface area contributed by atoms with Gasteiger partial charge in [0, 0.05) is 0 Å². The molecule has 11 heteroatoms. The minimum Gasteiger partial charge on any atom is -0.452 e. The van der Waals surface area contributed by atoms with Crippen LogP contribution in [0.15, 0.2) is 22.7 Å². The van der Waals surface area contributed by atoms with E-state index in [9.17, 15) is 22.8 Å². The number of ether oxygens (including phenoxy) is 1. The average molecular weight is 378 g/mol. The van der Waals surface area contributed by atoms with Crippen molar-refractivity contribution in [3.63, 3.8) is 0 Å². The first kappa shape index (κ1) is 18.6. The van der Waals surface area contributed by atoms with Crippen molar-refractivity contribution in [1.82, 2.24) is 5.16 Å². The van der Waals surface area contributed by atoms with Crippen LogP contribution in [0.3, 0.4) is 0 Å². The van der Waals surface area contributed by atoms with Crippen LogP contribution >= 0.6 is 11.6 Å². The molecule has 25 heavy (non-hydrogen) atoms. The summed E-state index contributed by atoms with van der Waals surface area (Å²) in [4.78, 5) is 23.6. The van der Waals surface area contributed by atoms with Gasteiger partial charge in [-0.25, -0.2) is 4.79 Å². The van der Waals surface area contributed by atoms with Crippen LogP contribution in [0.5, 0.6) is 0 Å². The summed E-state index contributed by atoms with van der Waals surface area (Å²) in [6.45, 7) is 0.571. The topological polar surface area (TPSA) is 107 Å². The first-order valence-corrected chi connectivity index (χ1v) is 7.03. The molecule has 7 nitrogen and oxygen atoms in total. The zero-order valence-corrected chi connectivity index (χ0v) is 13.4. The molecular formula is C14H11ClF3N3O4. The van der Waals surface area contributed by atoms with Gasteiger partial charge in [-0.3, -0.25) is 4.79 Å². The number of carbonyl (C=O) groups excluding carboxylic acids is 2. The molecule has 1 aromatic carbocycles. The molecule has 2 aromatic rings. The van der Waals surface area contributed by atoms with Gasteiger partial charge >= 0.3 is 12.1 Å². The molecule has 0 atom stereocenters. The molecule has 134 valence electrons. The molecule has 0 unspecified atom stereocenters. The van der Waals surface area contributed by atoms with Crippen LogP contribution in [-0.2, 0) is 15.7 Å². The van der Waals surface area contributed by atoms with Crippen LogP contribution < -0.4 is 11.1 Å². The summed E-state index contributed by atoms with van der Waals surface area (Å²) in [5.41, 5.74) is 3.62. The number of rotatable bonds is 4. The molecule has 0 aliphatic carbocycles. The number of esters is 1. The smallest absolute Gasteiger partial charge is 0.418 e. The summed E-state index contributed by atoms with van der Waals surface area (Å²) in [6, 6.07) is 3.03. The van der Waals surface area contributed by atoms with Gasteiger partial charge in [0.05, 0.1) is 22.0 Å². The number of carbonyl (C=O) groups is 2. The van der Waals surface area contributed by atoms with Crippen molar-refractivity contribution >= 4 is 35.0 Å². The van der Waals surface area contributed by atoms with Crippen LogP contribution in [0.25, 0.3) is 0 Å². The first-order chi connectivity index (χ1) is 11.6. The van der Waals surface area contributed by atoms with Crippen molar-refractivity contribution in [2.45, 2.75) is 13.1 Å². The summed E-state index contributed by atoms with van der Waals surface area (Å²) < 4.78 is 48.1. The van der Waals surface area contributed by atoms with Gasteiger partial charge in [0.1, 0.15) is 5.56 Å². The maximum absolute atomic E-state index is 12.9. The fourth-order valence-corrected chi connectivity index (χ4v) is 2.12. The van der Waals surface area contributed by atoms with Gasteiger partial charge in [-0.05, 0) is 19.1 Å². The Kier molecular flexibility index (Phi) is 5.21. The predicted octanol–water partition coefficient (Wildman–Crippen LogP) is 3.03. The van der Waals surface area contributed by atoms with E-state index in [0.717, 1.165) is 12.1 Å². The summed E-state index contributed by atoms with van der Waals surface area (Å²) in [6.07, 6.45) is -4.72. The highest BCUT2D eigenvalue weighted by Gasteiger charge is 2.35. The van der Waals surface area contributed by atoms with E-state index >= 15 is 0 Å². The van der Waals surface area contributed by atoms with Crippen molar-refractivity contribution in [3.8, 4) is 0 Å². The van der Waals surface area contributed by atoms with Gasteiger partial charge in [0.25, 0.3) is 5.91 Å². The Balaban J connectivity index is 2.08. The van der Waals surface area contributed by atoms with E-state index in [4.69, 9.17) is 22.1 Å². The molecule has 0 aliphatic heterocycles. The minimum atomic E-state index is -4.72. The zero-order chi connectivity index (χ0) is 18.8. The maximum Gasteiger partial charge on any atom is 0.418 e. The van der Waals surface area contributed by atoms with E-state index in [1.165, 1.54) is 13.0 Å². The van der Waals surface area contributed by atoms with Gasteiger partial charge in [0.2, 0.25) is 5.88 Å². The Morgan fingerprint density at radius 3 is 2.64 bits per heavy atom. The van der Waals surface area contributed by atoms with Crippen LogP contribution in [-0.4, -0.2) is 23.6 Å². The lowest BCUT2D eigenvalue weighted by Crippen LogP contribution is -2.23. The third-order valence-corrected chi connectivity index (χ3v) is 3.33. The largest absolute Gasteiger partial charge is 0.452 e. The number of benzene rings is 1. The number of aryl methyl sites for hydroxylation is 1. The number of anilines is 2. The van der Waals surface area contributed by atoms with E-state index in [1.807, 2.05) is 5.32 Å². The lowest BCUT2D eigenvalue weighted by Gasteiger charge is -2.15. The highest BCUT2D eigenvalue weighted by atomic mass is 35.5. The molecule has 0 bridgehead atoms. The maximum atomic E-state index is 12.9. The van der Waals surface area contributed by atoms with E-state index in [1.54, 1.807) is 0 Å². The number of nitrogens with two attached hydrogens (primary N) is 1. The number of hydrogen-bond donors (Lipinski definition) is 2. The summed E-state index contributed by atoms with van der Waals surface area (Å²) in [5, 5.41) is 5.10. The molecule has 3 N–H and O–H groups in total. The minimum absolute atomic E-state index is 0.147. The zero-order valence-electron chi connectivity index (χ0n) is 12.6. The number of nitrogens with one attached hydrogen (secondary N) is 1. The van der Waals surface area contributed by atoms with Crippen molar-refractivity contribution in [2.24, 2.45) is 0 Å². The number of nitrogens with zero attached hydrogens (tertiary/aromatic N) is 1. The lowest BCUT2D eigenvalue weighted by molar-refractivity contribution is -0.137. The predicted molar refractivity (Wildman–Crippen MR) is 81.0 cm³/mol. The van der Waals surface area contributed by atoms with Crippen LogP contribution in [0.2, 0.25) is 5.02 Å². The van der Waals surface area contributed by atoms with Crippen molar-refractivity contribution in [2.75, 3.05) is 17.7 Å². The number of halogens is 4. The Morgan fingerprint density at radius 2 is 2.08 bits per heavy atom. The first-order valence-electron chi connectivity index (χ1n) is 6.65. The second-order valence-corrected chi connectivity index (χ2v) is 5.20. The van der Waals surface area contributed by atoms with Crippen LogP contribution in [0.1, 0.15) is 21.6 Å². The highest BCUT2D eigenvalue weighted by molar-refractivity contribution is 6.34. The standard InChI is InChI=1S/C14H11ClF3N3O4/c1-6-10(12(19)25-21-6)13(23)24-5-9(22)20-11-7(14(16,17)18)3-2-4-8(11)15/h2-4H,5,19H2,1H3,(H,20,22). The van der Waals surface area contributed by atoms with Gasteiger partial charge < -0.3 is 20.3 Å². The molecule has 0 spiro atoms. The fraction of sp³-hybridized carbons (Fsp3) is 0.214. The summed E-state index contributed by atoms with van der Waals surface area (Å²) in [7, 11) is 0. The number of amides is 1. The number of alkyl halides is 3. The monoisotopic (exact) mass is 377 g/mol. The number of aromatic nitrogens is 1. The Hall–Kier alpha value is -2.75. The summed E-state index contributed by atoms with van der Waals surface area (Å²) >= 11 is 5.71. The van der Waals surface area contributed by atoms with Gasteiger partial charge in [-0.2, -0.15) is 13.2 Å². The van der Waals surface area contributed by atoms with Crippen molar-refractivity contribution in [1.29, 1.82) is 0 Å². The Labute approximate surface area is 143 Å². The van der Waals surface area contributed by atoms with Crippen molar-refractivity contribution < 1.29 is 32.0 Å². The van der Waals surface area contributed by atoms with E-state index < -0.39 is 35.9 Å². The third kappa shape index (κ3) is 4.21. The molecular weight excluding hydrogens is 367 g/mol. The molecule has 0 saturated heterocycles. The molecule has 0 radical (unpaired) electrons. The number of para-hydroxylation sites is 1. The van der Waals surface area contributed by atoms with E-state index in [2.05, 4.69) is 9.68 Å². The second kappa shape index (κ2) is 7.01. The van der Waals surface area contributed by atoms with Crippen LogP contribution in [0, 0.1) is 6.92 Å². The third-order valence-electron chi connectivity index (χ3n) is 3.01. The van der Waals surface area contributed by atoms with Gasteiger partial charge in [-0.15, -0.1) is 0 Å².